The van der Waals surface area contributed by atoms with Crippen molar-refractivity contribution in [1.82, 2.24) is 15.0 Å². The van der Waals surface area contributed by atoms with Crippen LogP contribution in [0.3, 0.4) is 0 Å². The van der Waals surface area contributed by atoms with Gasteiger partial charge in [-0.3, -0.25) is 4.98 Å². The maximum absolute atomic E-state index is 4.45. The molecule has 5 heteroatoms. The van der Waals surface area contributed by atoms with Gasteiger partial charge in [0.2, 0.25) is 0 Å². The average molecular weight is 275 g/mol. The van der Waals surface area contributed by atoms with E-state index in [0.717, 1.165) is 22.9 Å². The molecular formula is C16H13N5. The summed E-state index contributed by atoms with van der Waals surface area (Å²) in [6, 6.07) is 14.2. The first-order chi connectivity index (χ1) is 10.4. The lowest BCUT2D eigenvalue weighted by Crippen LogP contribution is -2.24. The van der Waals surface area contributed by atoms with Crippen LogP contribution >= 0.6 is 0 Å². The van der Waals surface area contributed by atoms with Gasteiger partial charge in [0.15, 0.2) is 5.82 Å². The number of benzene rings is 1. The van der Waals surface area contributed by atoms with Crippen molar-refractivity contribution in [2.75, 3.05) is 16.5 Å². The molecule has 3 aromatic rings. The number of hydrogen-bond acceptors (Lipinski definition) is 5. The summed E-state index contributed by atoms with van der Waals surface area (Å²) in [7, 11) is 0. The lowest BCUT2D eigenvalue weighted by molar-refractivity contribution is 0.979. The monoisotopic (exact) mass is 275 g/mol. The molecule has 0 spiro atoms. The van der Waals surface area contributed by atoms with Crippen LogP contribution in [0.2, 0.25) is 0 Å². The lowest BCUT2D eigenvalue weighted by Gasteiger charge is -2.21. The van der Waals surface area contributed by atoms with E-state index in [1.165, 1.54) is 0 Å². The molecule has 2 aromatic heterocycles. The van der Waals surface area contributed by atoms with Gasteiger partial charge in [-0.25, -0.2) is 9.97 Å². The normalized spacial score (nSPS) is 13.3. The van der Waals surface area contributed by atoms with Crippen molar-refractivity contribution >= 4 is 22.9 Å². The van der Waals surface area contributed by atoms with E-state index in [4.69, 9.17) is 0 Å². The van der Waals surface area contributed by atoms with Crippen LogP contribution in [0.25, 0.3) is 0 Å². The van der Waals surface area contributed by atoms with Gasteiger partial charge in [-0.2, -0.15) is 0 Å². The van der Waals surface area contributed by atoms with E-state index in [-0.39, 0.29) is 0 Å². The second-order valence-corrected chi connectivity index (χ2v) is 4.77. The second-order valence-electron chi connectivity index (χ2n) is 4.77. The zero-order valence-electron chi connectivity index (χ0n) is 11.3. The second kappa shape index (κ2) is 4.86. The molecule has 1 aliphatic rings. The van der Waals surface area contributed by atoms with E-state index in [2.05, 4.69) is 36.9 Å². The van der Waals surface area contributed by atoms with Crippen molar-refractivity contribution < 1.29 is 0 Å². The topological polar surface area (TPSA) is 45.2 Å². The molecule has 0 fully saturated rings. The van der Waals surface area contributed by atoms with Gasteiger partial charge >= 0.3 is 0 Å². The van der Waals surface area contributed by atoms with Crippen LogP contribution in [0.1, 0.15) is 0 Å². The fourth-order valence-corrected chi connectivity index (χ4v) is 2.56. The van der Waals surface area contributed by atoms with Crippen LogP contribution in [0.15, 0.2) is 67.4 Å². The molecule has 4 rings (SSSR count). The van der Waals surface area contributed by atoms with E-state index in [9.17, 15) is 0 Å². The number of aromatic nitrogens is 3. The minimum atomic E-state index is 0.710. The molecule has 1 aromatic carbocycles. The van der Waals surface area contributed by atoms with Gasteiger partial charge in [0, 0.05) is 23.8 Å². The molecule has 21 heavy (non-hydrogen) atoms. The average Bonchev–Trinajstić information content (AvgIpc) is 2.96. The van der Waals surface area contributed by atoms with Crippen LogP contribution in [-0.4, -0.2) is 21.6 Å². The molecule has 0 amide bonds. The third-order valence-electron chi connectivity index (χ3n) is 3.54. The van der Waals surface area contributed by atoms with Crippen molar-refractivity contribution in [3.8, 4) is 0 Å². The molecule has 5 nitrogen and oxygen atoms in total. The molecular weight excluding hydrogens is 262 g/mol. The van der Waals surface area contributed by atoms with Gasteiger partial charge < -0.3 is 9.80 Å². The smallest absolute Gasteiger partial charge is 0.162 e. The number of pyridine rings is 1. The SMILES string of the molecule is c1ccc(N2CN(c3ccncc3)c3cncnc32)cc1. The summed E-state index contributed by atoms with van der Waals surface area (Å²) in [6.45, 7) is 0.710. The molecule has 0 N–H and O–H groups in total. The molecule has 102 valence electrons. The highest BCUT2D eigenvalue weighted by Crippen LogP contribution is 2.41. The van der Waals surface area contributed by atoms with Gasteiger partial charge in [-0.05, 0) is 24.3 Å². The Balaban J connectivity index is 1.81. The van der Waals surface area contributed by atoms with Gasteiger partial charge in [0.1, 0.15) is 18.7 Å². The van der Waals surface area contributed by atoms with Crippen molar-refractivity contribution in [2.45, 2.75) is 0 Å². The number of hydrogen-bond donors (Lipinski definition) is 0. The number of para-hydroxylation sites is 1. The van der Waals surface area contributed by atoms with Crippen molar-refractivity contribution in [1.29, 1.82) is 0 Å². The standard InChI is InChI=1S/C16H13N5/c1-2-4-13(5-3-1)21-12-20(14-6-8-17-9-7-14)15-10-18-11-19-16(15)21/h1-11H,12H2. The molecule has 0 radical (unpaired) electrons. The molecule has 0 bridgehead atoms. The lowest BCUT2D eigenvalue weighted by atomic mass is 10.3. The molecule has 0 atom stereocenters. The van der Waals surface area contributed by atoms with E-state index in [0.29, 0.717) is 6.67 Å². The molecule has 3 heterocycles. The van der Waals surface area contributed by atoms with Crippen LogP contribution in [-0.2, 0) is 0 Å². The maximum Gasteiger partial charge on any atom is 0.162 e. The van der Waals surface area contributed by atoms with E-state index in [1.54, 1.807) is 18.7 Å². The Morgan fingerprint density at radius 3 is 2.38 bits per heavy atom. The highest BCUT2D eigenvalue weighted by molar-refractivity contribution is 5.83. The summed E-state index contributed by atoms with van der Waals surface area (Å²) in [5.74, 6) is 0.924. The number of nitrogens with zero attached hydrogens (tertiary/aromatic N) is 5. The van der Waals surface area contributed by atoms with E-state index in [1.807, 2.05) is 36.5 Å². The highest BCUT2D eigenvalue weighted by atomic mass is 15.4. The molecule has 0 saturated carbocycles. The summed E-state index contributed by atoms with van der Waals surface area (Å²) in [5, 5.41) is 0. The Morgan fingerprint density at radius 2 is 1.57 bits per heavy atom. The van der Waals surface area contributed by atoms with Crippen molar-refractivity contribution in [3.05, 3.63) is 67.4 Å². The fourth-order valence-electron chi connectivity index (χ4n) is 2.56. The molecule has 0 aliphatic carbocycles. The van der Waals surface area contributed by atoms with Crippen LogP contribution < -0.4 is 9.80 Å². The Kier molecular flexibility index (Phi) is 2.74. The maximum atomic E-state index is 4.45. The van der Waals surface area contributed by atoms with Gasteiger partial charge in [0.05, 0.1) is 6.20 Å². The van der Waals surface area contributed by atoms with Crippen LogP contribution in [0.5, 0.6) is 0 Å². The molecule has 0 saturated heterocycles. The van der Waals surface area contributed by atoms with Crippen molar-refractivity contribution in [2.24, 2.45) is 0 Å². The summed E-state index contributed by atoms with van der Waals surface area (Å²) in [5.41, 5.74) is 3.21. The Bertz CT molecular complexity index is 680. The third-order valence-corrected chi connectivity index (χ3v) is 3.54. The zero-order chi connectivity index (χ0) is 14.1. The summed E-state index contributed by atoms with van der Waals surface area (Å²) >= 11 is 0. The first-order valence-corrected chi connectivity index (χ1v) is 6.73. The summed E-state index contributed by atoms with van der Waals surface area (Å²) in [6.07, 6.45) is 7.03. The Hall–Kier alpha value is -2.95. The van der Waals surface area contributed by atoms with Crippen LogP contribution in [0, 0.1) is 0 Å². The van der Waals surface area contributed by atoms with E-state index >= 15 is 0 Å². The van der Waals surface area contributed by atoms with Gasteiger partial charge in [0.25, 0.3) is 0 Å². The van der Waals surface area contributed by atoms with E-state index < -0.39 is 0 Å². The minimum absolute atomic E-state index is 0.710. The Morgan fingerprint density at radius 1 is 0.810 bits per heavy atom. The predicted octanol–water partition coefficient (Wildman–Crippen LogP) is 3.12. The van der Waals surface area contributed by atoms with Crippen LogP contribution in [0.4, 0.5) is 22.9 Å². The van der Waals surface area contributed by atoms with Gasteiger partial charge in [-0.1, -0.05) is 18.2 Å². The van der Waals surface area contributed by atoms with Crippen molar-refractivity contribution in [3.63, 3.8) is 0 Å². The highest BCUT2D eigenvalue weighted by Gasteiger charge is 2.29. The van der Waals surface area contributed by atoms with Gasteiger partial charge in [-0.15, -0.1) is 0 Å². The number of anilines is 4. The first kappa shape index (κ1) is 11.8. The Labute approximate surface area is 122 Å². The number of fused-ring (bicyclic) bond motifs is 1. The minimum Gasteiger partial charge on any atom is -0.318 e. The quantitative estimate of drug-likeness (QED) is 0.719. The zero-order valence-corrected chi connectivity index (χ0v) is 11.3. The summed E-state index contributed by atoms with van der Waals surface area (Å²) in [4.78, 5) is 17.1. The molecule has 0 unspecified atom stereocenters. The largest absolute Gasteiger partial charge is 0.318 e. The third kappa shape index (κ3) is 1.99. The fraction of sp³-hybridized carbons (Fsp3) is 0.0625. The summed E-state index contributed by atoms with van der Waals surface area (Å²) < 4.78 is 0. The predicted molar refractivity (Wildman–Crippen MR) is 81.9 cm³/mol. The number of rotatable bonds is 2. The molecule has 1 aliphatic heterocycles. The first-order valence-electron chi connectivity index (χ1n) is 6.73.